The maximum atomic E-state index is 12.4. The van der Waals surface area contributed by atoms with Crippen molar-refractivity contribution >= 4 is 17.2 Å². The Morgan fingerprint density at radius 1 is 1.35 bits per heavy atom. The summed E-state index contributed by atoms with van der Waals surface area (Å²) in [4.78, 5) is 27.8. The second-order valence-electron chi connectivity index (χ2n) is 5.97. The maximum absolute atomic E-state index is 12.4. The van der Waals surface area contributed by atoms with Crippen molar-refractivity contribution in [2.24, 2.45) is 0 Å². The Kier molecular flexibility index (Phi) is 5.00. The molecule has 23 heavy (non-hydrogen) atoms. The van der Waals surface area contributed by atoms with E-state index in [9.17, 15) is 4.79 Å². The fraction of sp³-hybridized carbons (Fsp3) is 0.529. The predicted octanol–water partition coefficient (Wildman–Crippen LogP) is 2.75. The SMILES string of the molecule is CCc1nc(CC(=O)N2CCC(c3nccc(C)n3)CC2)cs1. The van der Waals surface area contributed by atoms with Gasteiger partial charge in [0.15, 0.2) is 0 Å². The van der Waals surface area contributed by atoms with Crippen molar-refractivity contribution in [3.63, 3.8) is 0 Å². The zero-order valence-corrected chi connectivity index (χ0v) is 14.5. The minimum Gasteiger partial charge on any atom is -0.342 e. The number of nitrogens with zero attached hydrogens (tertiary/aromatic N) is 4. The number of hydrogen-bond donors (Lipinski definition) is 0. The first-order valence-electron chi connectivity index (χ1n) is 8.16. The molecule has 0 bridgehead atoms. The first-order valence-corrected chi connectivity index (χ1v) is 9.04. The number of hydrogen-bond acceptors (Lipinski definition) is 5. The molecule has 2 aromatic heterocycles. The van der Waals surface area contributed by atoms with Crippen LogP contribution in [0, 0.1) is 6.92 Å². The van der Waals surface area contributed by atoms with E-state index in [-0.39, 0.29) is 5.91 Å². The molecular weight excluding hydrogens is 308 g/mol. The van der Waals surface area contributed by atoms with E-state index >= 15 is 0 Å². The number of aromatic nitrogens is 3. The van der Waals surface area contributed by atoms with Gasteiger partial charge in [-0.3, -0.25) is 4.79 Å². The molecule has 5 nitrogen and oxygen atoms in total. The van der Waals surface area contributed by atoms with E-state index in [0.29, 0.717) is 12.3 Å². The van der Waals surface area contributed by atoms with Crippen LogP contribution in [-0.4, -0.2) is 38.8 Å². The third kappa shape index (κ3) is 3.93. The summed E-state index contributed by atoms with van der Waals surface area (Å²) < 4.78 is 0. The average molecular weight is 330 g/mol. The molecule has 1 aliphatic rings. The summed E-state index contributed by atoms with van der Waals surface area (Å²) in [7, 11) is 0. The van der Waals surface area contributed by atoms with E-state index in [0.717, 1.165) is 54.6 Å². The number of amides is 1. The Bertz CT molecular complexity index is 677. The summed E-state index contributed by atoms with van der Waals surface area (Å²) in [6.45, 7) is 5.64. The molecule has 0 saturated carbocycles. The van der Waals surface area contributed by atoms with Gasteiger partial charge in [-0.05, 0) is 32.3 Å². The van der Waals surface area contributed by atoms with E-state index in [2.05, 4.69) is 21.9 Å². The first-order chi connectivity index (χ1) is 11.2. The zero-order chi connectivity index (χ0) is 16.2. The molecule has 6 heteroatoms. The van der Waals surface area contributed by atoms with Crippen molar-refractivity contribution < 1.29 is 4.79 Å². The van der Waals surface area contributed by atoms with Crippen molar-refractivity contribution in [2.75, 3.05) is 13.1 Å². The Labute approximate surface area is 140 Å². The molecule has 3 rings (SSSR count). The lowest BCUT2D eigenvalue weighted by Gasteiger charge is -2.31. The molecule has 3 heterocycles. The summed E-state index contributed by atoms with van der Waals surface area (Å²) in [6.07, 6.45) is 5.05. The number of thiazole rings is 1. The van der Waals surface area contributed by atoms with Gasteiger partial charge < -0.3 is 4.90 Å². The standard InChI is InChI=1S/C17H22N4OS/c1-3-15-20-14(11-23-15)10-16(22)21-8-5-13(6-9-21)17-18-7-4-12(2)19-17/h4,7,11,13H,3,5-6,8-10H2,1-2H3. The van der Waals surface area contributed by atoms with Gasteiger partial charge in [-0.1, -0.05) is 6.92 Å². The molecule has 0 aromatic carbocycles. The van der Waals surface area contributed by atoms with Crippen LogP contribution in [0.4, 0.5) is 0 Å². The smallest absolute Gasteiger partial charge is 0.228 e. The van der Waals surface area contributed by atoms with Crippen LogP contribution in [0.5, 0.6) is 0 Å². The Morgan fingerprint density at radius 2 is 2.13 bits per heavy atom. The van der Waals surface area contributed by atoms with Gasteiger partial charge >= 0.3 is 0 Å². The second-order valence-corrected chi connectivity index (χ2v) is 6.92. The van der Waals surface area contributed by atoms with E-state index in [1.54, 1.807) is 11.3 Å². The highest BCUT2D eigenvalue weighted by atomic mass is 32.1. The van der Waals surface area contributed by atoms with Gasteiger partial charge in [-0.15, -0.1) is 11.3 Å². The maximum Gasteiger partial charge on any atom is 0.228 e. The molecule has 0 radical (unpaired) electrons. The van der Waals surface area contributed by atoms with Gasteiger partial charge in [-0.2, -0.15) is 0 Å². The molecule has 0 unspecified atom stereocenters. The van der Waals surface area contributed by atoms with Crippen molar-refractivity contribution in [1.29, 1.82) is 0 Å². The number of piperidine rings is 1. The van der Waals surface area contributed by atoms with Crippen molar-refractivity contribution in [2.45, 2.75) is 45.4 Å². The van der Waals surface area contributed by atoms with Gasteiger partial charge in [0.2, 0.25) is 5.91 Å². The molecule has 1 saturated heterocycles. The Hall–Kier alpha value is -1.82. The molecule has 0 aliphatic carbocycles. The number of rotatable bonds is 4. The lowest BCUT2D eigenvalue weighted by molar-refractivity contribution is -0.131. The van der Waals surface area contributed by atoms with E-state index in [1.807, 2.05) is 29.5 Å². The summed E-state index contributed by atoms with van der Waals surface area (Å²) in [5.41, 5.74) is 1.91. The third-order valence-corrected chi connectivity index (χ3v) is 5.30. The number of aryl methyl sites for hydroxylation is 2. The predicted molar refractivity (Wildman–Crippen MR) is 90.5 cm³/mol. The molecule has 1 aliphatic heterocycles. The van der Waals surface area contributed by atoms with Gasteiger partial charge in [0, 0.05) is 36.3 Å². The van der Waals surface area contributed by atoms with E-state index < -0.39 is 0 Å². The van der Waals surface area contributed by atoms with Crippen LogP contribution >= 0.6 is 11.3 Å². The minimum atomic E-state index is 0.182. The van der Waals surface area contributed by atoms with Crippen LogP contribution in [0.25, 0.3) is 0 Å². The van der Waals surface area contributed by atoms with Gasteiger partial charge in [0.25, 0.3) is 0 Å². The highest BCUT2D eigenvalue weighted by Gasteiger charge is 2.25. The van der Waals surface area contributed by atoms with Crippen LogP contribution in [0.15, 0.2) is 17.6 Å². The van der Waals surface area contributed by atoms with Crippen molar-refractivity contribution in [3.05, 3.63) is 39.9 Å². The normalized spacial score (nSPS) is 15.8. The lowest BCUT2D eigenvalue weighted by atomic mass is 9.95. The van der Waals surface area contributed by atoms with Crippen LogP contribution in [-0.2, 0) is 17.6 Å². The summed E-state index contributed by atoms with van der Waals surface area (Å²) in [6, 6.07) is 1.92. The molecule has 0 atom stereocenters. The number of carbonyl (C=O) groups excluding carboxylic acids is 1. The van der Waals surface area contributed by atoms with Crippen molar-refractivity contribution in [1.82, 2.24) is 19.9 Å². The second kappa shape index (κ2) is 7.17. The third-order valence-electron chi connectivity index (χ3n) is 4.26. The molecule has 2 aromatic rings. The van der Waals surface area contributed by atoms with Crippen molar-refractivity contribution in [3.8, 4) is 0 Å². The lowest BCUT2D eigenvalue weighted by Crippen LogP contribution is -2.39. The molecule has 0 N–H and O–H groups in total. The summed E-state index contributed by atoms with van der Waals surface area (Å²) in [5, 5.41) is 3.10. The zero-order valence-electron chi connectivity index (χ0n) is 13.7. The van der Waals surface area contributed by atoms with Gasteiger partial charge in [-0.25, -0.2) is 15.0 Å². The summed E-state index contributed by atoms with van der Waals surface area (Å²) in [5.74, 6) is 1.47. The fourth-order valence-electron chi connectivity index (χ4n) is 2.91. The van der Waals surface area contributed by atoms with E-state index in [4.69, 9.17) is 0 Å². The van der Waals surface area contributed by atoms with Crippen LogP contribution in [0.3, 0.4) is 0 Å². The summed E-state index contributed by atoms with van der Waals surface area (Å²) >= 11 is 1.64. The first kappa shape index (κ1) is 16.1. The fourth-order valence-corrected chi connectivity index (χ4v) is 3.66. The quantitative estimate of drug-likeness (QED) is 0.865. The van der Waals surface area contributed by atoms with Crippen LogP contribution in [0.2, 0.25) is 0 Å². The highest BCUT2D eigenvalue weighted by molar-refractivity contribution is 7.09. The van der Waals surface area contributed by atoms with Crippen LogP contribution < -0.4 is 0 Å². The number of likely N-dealkylation sites (tertiary alicyclic amines) is 1. The molecule has 0 spiro atoms. The highest BCUT2D eigenvalue weighted by Crippen LogP contribution is 2.25. The molecular formula is C17H22N4OS. The number of carbonyl (C=O) groups is 1. The average Bonchev–Trinajstić information content (AvgIpc) is 3.02. The molecule has 1 fully saturated rings. The minimum absolute atomic E-state index is 0.182. The van der Waals surface area contributed by atoms with Gasteiger partial charge in [0.1, 0.15) is 5.82 Å². The van der Waals surface area contributed by atoms with Crippen LogP contribution in [0.1, 0.15) is 47.9 Å². The Balaban J connectivity index is 1.55. The largest absolute Gasteiger partial charge is 0.342 e. The Morgan fingerprint density at radius 3 is 2.78 bits per heavy atom. The van der Waals surface area contributed by atoms with Gasteiger partial charge in [0.05, 0.1) is 17.1 Å². The monoisotopic (exact) mass is 330 g/mol. The molecule has 1 amide bonds. The topological polar surface area (TPSA) is 59.0 Å². The molecule has 122 valence electrons. The van der Waals surface area contributed by atoms with E-state index in [1.165, 1.54) is 0 Å².